The van der Waals surface area contributed by atoms with Gasteiger partial charge in [-0.25, -0.2) is 0 Å². The molecule has 0 aliphatic heterocycles. The smallest absolute Gasteiger partial charge is 0.137 e. The summed E-state index contributed by atoms with van der Waals surface area (Å²) in [7, 11) is 0. The van der Waals surface area contributed by atoms with Gasteiger partial charge in [-0.15, -0.1) is 0 Å². The first-order valence-electron chi connectivity index (χ1n) is 9.46. The van der Waals surface area contributed by atoms with Crippen molar-refractivity contribution in [3.63, 3.8) is 0 Å². The number of rotatable bonds is 0. The predicted octanol–water partition coefficient (Wildman–Crippen LogP) is 3.53. The molecule has 4 rings (SSSR count). The highest BCUT2D eigenvalue weighted by atomic mass is 16.3. The van der Waals surface area contributed by atoms with Gasteiger partial charge in [0.2, 0.25) is 0 Å². The van der Waals surface area contributed by atoms with E-state index >= 15 is 0 Å². The second kappa shape index (κ2) is 4.68. The van der Waals surface area contributed by atoms with Crippen molar-refractivity contribution >= 4 is 11.6 Å². The highest BCUT2D eigenvalue weighted by Gasteiger charge is 2.64. The largest absolute Gasteiger partial charge is 0.390 e. The van der Waals surface area contributed by atoms with E-state index in [1.165, 1.54) is 0 Å². The molecule has 4 saturated carbocycles. The number of aliphatic hydroxyl groups is 1. The Kier molecular flexibility index (Phi) is 3.22. The minimum atomic E-state index is -0.591. The number of fused-ring (bicyclic) bond motifs is 5. The summed E-state index contributed by atoms with van der Waals surface area (Å²) in [5.74, 6) is 2.03. The molecule has 4 aliphatic rings. The molecule has 0 heterocycles. The number of Topliss-reactive ketones (excluding diaryl/α,β-unsaturated/α-hetero) is 2. The first kappa shape index (κ1) is 15.8. The van der Waals surface area contributed by atoms with Crippen LogP contribution in [-0.2, 0) is 9.59 Å². The maximum absolute atomic E-state index is 12.9. The first-order valence-corrected chi connectivity index (χ1v) is 9.46. The first-order chi connectivity index (χ1) is 10.7. The monoisotopic (exact) mass is 318 g/mol. The maximum atomic E-state index is 12.9. The molecule has 0 amide bonds. The van der Waals surface area contributed by atoms with Crippen molar-refractivity contribution in [1.82, 2.24) is 0 Å². The van der Waals surface area contributed by atoms with Gasteiger partial charge in [0.1, 0.15) is 11.6 Å². The lowest BCUT2D eigenvalue weighted by molar-refractivity contribution is -0.166. The van der Waals surface area contributed by atoms with Gasteiger partial charge in [-0.2, -0.15) is 0 Å². The second-order valence-corrected chi connectivity index (χ2v) is 9.62. The predicted molar refractivity (Wildman–Crippen MR) is 87.7 cm³/mol. The molecule has 0 unspecified atom stereocenters. The summed E-state index contributed by atoms with van der Waals surface area (Å²) in [5, 5.41) is 10.9. The molecule has 3 nitrogen and oxygen atoms in total. The quantitative estimate of drug-likeness (QED) is 0.743. The average molecular weight is 318 g/mol. The van der Waals surface area contributed by atoms with E-state index in [0.29, 0.717) is 42.8 Å². The van der Waals surface area contributed by atoms with Gasteiger partial charge in [0.05, 0.1) is 5.60 Å². The standard InChI is InChI=1S/C20H30O3/c1-18-7-4-12(21)10-16(18)17(22)11-13-14(18)5-8-19(2)15(13)6-9-20(19,3)23/h13-16,23H,4-11H2,1-3H3/t13-,14+,15+,16+,18+,19-,20-/m0/s1. The third-order valence-corrected chi connectivity index (χ3v) is 8.84. The zero-order valence-corrected chi connectivity index (χ0v) is 14.7. The third-order valence-electron chi connectivity index (χ3n) is 8.84. The van der Waals surface area contributed by atoms with E-state index in [4.69, 9.17) is 0 Å². The van der Waals surface area contributed by atoms with Gasteiger partial charge in [-0.3, -0.25) is 9.59 Å². The fourth-order valence-electron chi connectivity index (χ4n) is 7.08. The summed E-state index contributed by atoms with van der Waals surface area (Å²) >= 11 is 0. The van der Waals surface area contributed by atoms with Crippen molar-refractivity contribution < 1.29 is 14.7 Å². The molecule has 23 heavy (non-hydrogen) atoms. The van der Waals surface area contributed by atoms with Gasteiger partial charge < -0.3 is 5.11 Å². The van der Waals surface area contributed by atoms with Crippen LogP contribution in [-0.4, -0.2) is 22.3 Å². The molecule has 0 aromatic heterocycles. The van der Waals surface area contributed by atoms with Crippen LogP contribution in [0.5, 0.6) is 0 Å². The summed E-state index contributed by atoms with van der Waals surface area (Å²) in [5.41, 5.74) is -0.613. The van der Waals surface area contributed by atoms with E-state index in [9.17, 15) is 14.7 Å². The Bertz CT molecular complexity index is 565. The van der Waals surface area contributed by atoms with Crippen molar-refractivity contribution in [2.24, 2.45) is 34.5 Å². The maximum Gasteiger partial charge on any atom is 0.137 e. The Morgan fingerprint density at radius 1 is 0.957 bits per heavy atom. The minimum Gasteiger partial charge on any atom is -0.390 e. The number of ketones is 2. The molecule has 0 bridgehead atoms. The summed E-state index contributed by atoms with van der Waals surface area (Å²) < 4.78 is 0. The molecule has 128 valence electrons. The van der Waals surface area contributed by atoms with Crippen molar-refractivity contribution in [3.05, 3.63) is 0 Å². The summed E-state index contributed by atoms with van der Waals surface area (Å²) in [6, 6.07) is 0. The van der Waals surface area contributed by atoms with Crippen LogP contribution in [0.2, 0.25) is 0 Å². The normalized spacial score (nSPS) is 56.0. The van der Waals surface area contributed by atoms with Gasteiger partial charge in [-0.1, -0.05) is 13.8 Å². The van der Waals surface area contributed by atoms with Crippen LogP contribution in [0.3, 0.4) is 0 Å². The number of hydrogen-bond donors (Lipinski definition) is 1. The van der Waals surface area contributed by atoms with Gasteiger partial charge in [0.15, 0.2) is 0 Å². The van der Waals surface area contributed by atoms with Gasteiger partial charge in [0, 0.05) is 25.2 Å². The second-order valence-electron chi connectivity index (χ2n) is 9.62. The Balaban J connectivity index is 1.70. The Morgan fingerprint density at radius 2 is 1.65 bits per heavy atom. The van der Waals surface area contributed by atoms with E-state index in [1.54, 1.807) is 0 Å². The third kappa shape index (κ3) is 1.92. The van der Waals surface area contributed by atoms with Crippen LogP contribution in [0, 0.1) is 34.5 Å². The molecule has 0 radical (unpaired) electrons. The van der Waals surface area contributed by atoms with Crippen molar-refractivity contribution in [2.45, 2.75) is 77.7 Å². The molecule has 1 N–H and O–H groups in total. The van der Waals surface area contributed by atoms with E-state index in [0.717, 1.165) is 32.1 Å². The highest BCUT2D eigenvalue weighted by Crippen LogP contribution is 2.67. The minimum absolute atomic E-state index is 0.0175. The molecule has 3 heteroatoms. The molecule has 0 aromatic carbocycles. The van der Waals surface area contributed by atoms with E-state index < -0.39 is 5.60 Å². The summed E-state index contributed by atoms with van der Waals surface area (Å²) in [6.07, 6.45) is 6.78. The van der Waals surface area contributed by atoms with Crippen molar-refractivity contribution in [3.8, 4) is 0 Å². The summed E-state index contributed by atoms with van der Waals surface area (Å²) in [4.78, 5) is 24.8. The topological polar surface area (TPSA) is 54.4 Å². The zero-order valence-electron chi connectivity index (χ0n) is 14.7. The lowest BCUT2D eigenvalue weighted by Gasteiger charge is -2.60. The van der Waals surface area contributed by atoms with Crippen LogP contribution in [0.4, 0.5) is 0 Å². The Labute approximate surface area is 139 Å². The molecular weight excluding hydrogens is 288 g/mol. The molecule has 4 fully saturated rings. The van der Waals surface area contributed by atoms with Crippen LogP contribution >= 0.6 is 0 Å². The average Bonchev–Trinajstić information content (AvgIpc) is 2.72. The molecule has 7 atom stereocenters. The van der Waals surface area contributed by atoms with Crippen LogP contribution in [0.25, 0.3) is 0 Å². The van der Waals surface area contributed by atoms with Crippen molar-refractivity contribution in [1.29, 1.82) is 0 Å². The van der Waals surface area contributed by atoms with Gasteiger partial charge in [0.25, 0.3) is 0 Å². The molecule has 0 aromatic rings. The number of carbonyl (C=O) groups excluding carboxylic acids is 2. The SMILES string of the molecule is C[C@]12CCC(=O)C[C@@H]1C(=O)C[C@H]1[C@H]2CC[C@@]2(C)[C@@H]1CC[C@]2(C)O. The summed E-state index contributed by atoms with van der Waals surface area (Å²) in [6.45, 7) is 6.54. The van der Waals surface area contributed by atoms with Crippen LogP contribution < -0.4 is 0 Å². The zero-order chi connectivity index (χ0) is 16.6. The molecular formula is C20H30O3. The fourth-order valence-corrected chi connectivity index (χ4v) is 7.08. The van der Waals surface area contributed by atoms with E-state index in [2.05, 4.69) is 13.8 Å². The van der Waals surface area contributed by atoms with Gasteiger partial charge in [-0.05, 0) is 67.6 Å². The van der Waals surface area contributed by atoms with Crippen molar-refractivity contribution in [2.75, 3.05) is 0 Å². The van der Waals surface area contributed by atoms with Crippen LogP contribution in [0.15, 0.2) is 0 Å². The van der Waals surface area contributed by atoms with Gasteiger partial charge >= 0.3 is 0 Å². The Morgan fingerprint density at radius 3 is 2.39 bits per heavy atom. The molecule has 4 aliphatic carbocycles. The Hall–Kier alpha value is -0.700. The number of carbonyl (C=O) groups is 2. The highest BCUT2D eigenvalue weighted by molar-refractivity contribution is 5.90. The lowest BCUT2D eigenvalue weighted by atomic mass is 9.44. The van der Waals surface area contributed by atoms with E-state index in [-0.39, 0.29) is 22.5 Å². The number of hydrogen-bond acceptors (Lipinski definition) is 3. The molecule has 0 spiro atoms. The van der Waals surface area contributed by atoms with E-state index in [1.807, 2.05) is 6.92 Å². The van der Waals surface area contributed by atoms with Crippen LogP contribution in [0.1, 0.15) is 72.1 Å². The fraction of sp³-hybridized carbons (Fsp3) is 0.900. The molecule has 0 saturated heterocycles. The lowest BCUT2D eigenvalue weighted by Crippen LogP contribution is -2.58.